The number of nitrogens with zero attached hydrogens (tertiary/aromatic N) is 4. The quantitative estimate of drug-likeness (QED) is 0.381. The molecule has 142 valence electrons. The van der Waals surface area contributed by atoms with Crippen LogP contribution in [0.15, 0.2) is 56.4 Å². The van der Waals surface area contributed by atoms with Gasteiger partial charge in [0.15, 0.2) is 11.5 Å². The molecule has 0 atom stereocenters. The first-order chi connectivity index (χ1) is 13.5. The summed E-state index contributed by atoms with van der Waals surface area (Å²) in [5.41, 5.74) is 1.92. The van der Waals surface area contributed by atoms with Gasteiger partial charge in [-0.1, -0.05) is 35.9 Å². The van der Waals surface area contributed by atoms with Crippen molar-refractivity contribution in [3.63, 3.8) is 0 Å². The number of thiophene rings is 1. The fraction of sp³-hybridized carbons (Fsp3) is 0.200. The SMILES string of the molecule is Cc1cccc(CSc2nc(-c3cccs3)nc3c2c(=O)n(C)c(=O)n3C)c1. The van der Waals surface area contributed by atoms with Crippen molar-refractivity contribution in [2.75, 3.05) is 0 Å². The van der Waals surface area contributed by atoms with Gasteiger partial charge in [-0.05, 0) is 23.9 Å². The van der Waals surface area contributed by atoms with Crippen molar-refractivity contribution < 1.29 is 0 Å². The molecule has 4 rings (SSSR count). The summed E-state index contributed by atoms with van der Waals surface area (Å²) < 4.78 is 2.51. The van der Waals surface area contributed by atoms with Gasteiger partial charge in [0.1, 0.15) is 10.4 Å². The first-order valence-corrected chi connectivity index (χ1v) is 10.5. The molecule has 0 saturated heterocycles. The van der Waals surface area contributed by atoms with Crippen LogP contribution in [0, 0.1) is 6.92 Å². The van der Waals surface area contributed by atoms with E-state index >= 15 is 0 Å². The van der Waals surface area contributed by atoms with Crippen molar-refractivity contribution >= 4 is 34.1 Å². The highest BCUT2D eigenvalue weighted by atomic mass is 32.2. The summed E-state index contributed by atoms with van der Waals surface area (Å²) in [5, 5.41) is 2.92. The third-order valence-electron chi connectivity index (χ3n) is 4.47. The number of thioether (sulfide) groups is 1. The van der Waals surface area contributed by atoms with Gasteiger partial charge in [0.05, 0.1) is 4.88 Å². The van der Waals surface area contributed by atoms with E-state index in [0.29, 0.717) is 27.6 Å². The smallest absolute Gasteiger partial charge is 0.280 e. The molecule has 0 amide bonds. The summed E-state index contributed by atoms with van der Waals surface area (Å²) in [6.07, 6.45) is 0. The van der Waals surface area contributed by atoms with Crippen molar-refractivity contribution in [1.82, 2.24) is 19.1 Å². The van der Waals surface area contributed by atoms with Gasteiger partial charge in [-0.3, -0.25) is 13.9 Å². The van der Waals surface area contributed by atoms with Crippen molar-refractivity contribution in [2.45, 2.75) is 17.7 Å². The molecule has 0 radical (unpaired) electrons. The number of rotatable bonds is 4. The molecule has 0 aliphatic rings. The number of hydrogen-bond donors (Lipinski definition) is 0. The molecular formula is C20H18N4O2S2. The molecule has 28 heavy (non-hydrogen) atoms. The van der Waals surface area contributed by atoms with Crippen LogP contribution in [-0.4, -0.2) is 19.1 Å². The van der Waals surface area contributed by atoms with Gasteiger partial charge in [-0.25, -0.2) is 14.8 Å². The molecule has 8 heteroatoms. The molecule has 0 spiro atoms. The summed E-state index contributed by atoms with van der Waals surface area (Å²) in [5.74, 6) is 1.20. The van der Waals surface area contributed by atoms with Crippen molar-refractivity contribution in [1.29, 1.82) is 0 Å². The van der Waals surface area contributed by atoms with Crippen LogP contribution in [0.5, 0.6) is 0 Å². The lowest BCUT2D eigenvalue weighted by molar-refractivity contribution is 0.703. The highest BCUT2D eigenvalue weighted by Crippen LogP contribution is 2.30. The van der Waals surface area contributed by atoms with Crippen molar-refractivity contribution in [2.24, 2.45) is 14.1 Å². The summed E-state index contributed by atoms with van der Waals surface area (Å²) >= 11 is 3.01. The molecule has 0 fully saturated rings. The molecule has 0 N–H and O–H groups in total. The Bertz CT molecular complexity index is 1290. The molecule has 0 aliphatic carbocycles. The molecule has 0 bridgehead atoms. The molecule has 6 nitrogen and oxygen atoms in total. The van der Waals surface area contributed by atoms with E-state index in [0.717, 1.165) is 15.0 Å². The minimum Gasteiger partial charge on any atom is -0.280 e. The van der Waals surface area contributed by atoms with Crippen LogP contribution >= 0.6 is 23.1 Å². The molecule has 0 aliphatic heterocycles. The third-order valence-corrected chi connectivity index (χ3v) is 6.38. The fourth-order valence-corrected chi connectivity index (χ4v) is 4.62. The molecule has 3 heterocycles. The largest absolute Gasteiger partial charge is 0.332 e. The van der Waals surface area contributed by atoms with Gasteiger partial charge < -0.3 is 0 Å². The number of aromatic nitrogens is 4. The van der Waals surface area contributed by atoms with Crippen LogP contribution in [0.3, 0.4) is 0 Å². The number of fused-ring (bicyclic) bond motifs is 1. The van der Waals surface area contributed by atoms with Crippen molar-refractivity contribution in [3.8, 4) is 10.7 Å². The standard InChI is InChI=1S/C20H18N4O2S2/c1-12-6-4-7-13(10-12)11-28-18-15-17(23(2)20(26)24(3)19(15)25)21-16(22-18)14-8-5-9-27-14/h4-10H,11H2,1-3H3. The predicted molar refractivity (Wildman–Crippen MR) is 114 cm³/mol. The van der Waals surface area contributed by atoms with E-state index in [1.54, 1.807) is 7.05 Å². The van der Waals surface area contributed by atoms with Crippen LogP contribution in [-0.2, 0) is 19.8 Å². The van der Waals surface area contributed by atoms with E-state index in [2.05, 4.69) is 35.1 Å². The Kier molecular flexibility index (Phi) is 4.91. The average Bonchev–Trinajstić information content (AvgIpc) is 3.23. The van der Waals surface area contributed by atoms with Crippen LogP contribution < -0.4 is 11.2 Å². The molecule has 0 unspecified atom stereocenters. The van der Waals surface area contributed by atoms with Crippen LogP contribution in [0.25, 0.3) is 21.7 Å². The average molecular weight is 411 g/mol. The van der Waals surface area contributed by atoms with Crippen LogP contribution in [0.2, 0.25) is 0 Å². The molecule has 1 aromatic carbocycles. The minimum atomic E-state index is -0.400. The minimum absolute atomic E-state index is 0.359. The first-order valence-electron chi connectivity index (χ1n) is 8.65. The van der Waals surface area contributed by atoms with Crippen LogP contribution in [0.1, 0.15) is 11.1 Å². The normalized spacial score (nSPS) is 11.2. The molecule has 3 aromatic heterocycles. The van der Waals surface area contributed by atoms with E-state index in [1.165, 1.54) is 40.3 Å². The zero-order valence-corrected chi connectivity index (χ0v) is 17.3. The summed E-state index contributed by atoms with van der Waals surface area (Å²) in [7, 11) is 3.11. The zero-order chi connectivity index (χ0) is 19.8. The van der Waals surface area contributed by atoms with E-state index in [9.17, 15) is 9.59 Å². The Labute approximate surface area is 169 Å². The molecular weight excluding hydrogens is 392 g/mol. The number of hydrogen-bond acceptors (Lipinski definition) is 6. The molecule has 4 aromatic rings. The monoisotopic (exact) mass is 410 g/mol. The van der Waals surface area contributed by atoms with E-state index < -0.39 is 5.69 Å². The Morgan fingerprint density at radius 3 is 2.61 bits per heavy atom. The second-order valence-electron chi connectivity index (χ2n) is 6.51. The Balaban J connectivity index is 1.92. The lowest BCUT2D eigenvalue weighted by Crippen LogP contribution is -2.37. The highest BCUT2D eigenvalue weighted by molar-refractivity contribution is 7.98. The second-order valence-corrected chi connectivity index (χ2v) is 8.42. The maximum atomic E-state index is 12.8. The topological polar surface area (TPSA) is 69.8 Å². The third kappa shape index (κ3) is 3.29. The maximum Gasteiger partial charge on any atom is 0.332 e. The van der Waals surface area contributed by atoms with E-state index in [-0.39, 0.29) is 5.56 Å². The predicted octanol–water partition coefficient (Wildman–Crippen LogP) is 3.36. The lowest BCUT2D eigenvalue weighted by atomic mass is 10.2. The number of aryl methyl sites for hydroxylation is 2. The van der Waals surface area contributed by atoms with Crippen LogP contribution in [0.4, 0.5) is 0 Å². The van der Waals surface area contributed by atoms with Crippen molar-refractivity contribution in [3.05, 3.63) is 73.7 Å². The van der Waals surface area contributed by atoms with Gasteiger partial charge in [0.2, 0.25) is 0 Å². The second kappa shape index (κ2) is 7.37. The number of benzene rings is 1. The van der Waals surface area contributed by atoms with Gasteiger partial charge in [-0.2, -0.15) is 0 Å². The van der Waals surface area contributed by atoms with Gasteiger partial charge in [-0.15, -0.1) is 23.1 Å². The summed E-state index contributed by atoms with van der Waals surface area (Å²) in [6, 6.07) is 12.1. The zero-order valence-electron chi connectivity index (χ0n) is 15.7. The van der Waals surface area contributed by atoms with E-state index in [1.807, 2.05) is 23.6 Å². The lowest BCUT2D eigenvalue weighted by Gasteiger charge is -2.11. The van der Waals surface area contributed by atoms with Gasteiger partial charge >= 0.3 is 5.69 Å². The maximum absolute atomic E-state index is 12.8. The fourth-order valence-electron chi connectivity index (χ4n) is 3.00. The van der Waals surface area contributed by atoms with E-state index in [4.69, 9.17) is 0 Å². The first kappa shape index (κ1) is 18.6. The summed E-state index contributed by atoms with van der Waals surface area (Å²) in [4.78, 5) is 35.4. The van der Waals surface area contributed by atoms with Gasteiger partial charge in [0.25, 0.3) is 5.56 Å². The molecule has 0 saturated carbocycles. The Hall–Kier alpha value is -2.71. The summed E-state index contributed by atoms with van der Waals surface area (Å²) in [6.45, 7) is 2.05. The van der Waals surface area contributed by atoms with Gasteiger partial charge in [0, 0.05) is 19.8 Å². The Morgan fingerprint density at radius 2 is 1.89 bits per heavy atom. The Morgan fingerprint density at radius 1 is 1.07 bits per heavy atom. The highest BCUT2D eigenvalue weighted by Gasteiger charge is 2.18.